The van der Waals surface area contributed by atoms with Crippen LogP contribution >= 0.6 is 7.60 Å². The van der Waals surface area contributed by atoms with E-state index in [0.717, 1.165) is 6.20 Å². The Kier molecular flexibility index (Phi) is 7.51. The van der Waals surface area contributed by atoms with Crippen LogP contribution < -0.4 is 5.32 Å². The van der Waals surface area contributed by atoms with E-state index in [1.807, 2.05) is 5.32 Å². The summed E-state index contributed by atoms with van der Waals surface area (Å²) in [6.45, 7) is 1.78. The number of rotatable bonds is 9. The Labute approximate surface area is 188 Å². The van der Waals surface area contributed by atoms with Gasteiger partial charge in [-0.15, -0.1) is 0 Å². The highest BCUT2D eigenvalue weighted by molar-refractivity contribution is 7.55. The minimum absolute atomic E-state index is 0.0952. The van der Waals surface area contributed by atoms with Gasteiger partial charge in [0.05, 0.1) is 13.2 Å². The van der Waals surface area contributed by atoms with Crippen LogP contribution in [-0.4, -0.2) is 30.5 Å². The summed E-state index contributed by atoms with van der Waals surface area (Å²) in [7, 11) is -5.08. The number of ether oxygens (including phenoxy) is 1. The first-order valence-corrected chi connectivity index (χ1v) is 11.7. The fourth-order valence-corrected chi connectivity index (χ4v) is 5.67. The topological polar surface area (TPSA) is 89.7 Å². The molecule has 0 saturated carbocycles. The molecule has 0 fully saturated rings. The zero-order valence-electron chi connectivity index (χ0n) is 18.0. The maximum Gasteiger partial charge on any atom is 0.427 e. The third kappa shape index (κ3) is 4.78. The number of H-pyrrole nitrogens is 1. The number of halogens is 3. The molecule has 11 heteroatoms. The van der Waals surface area contributed by atoms with Gasteiger partial charge in [0, 0.05) is 22.7 Å². The minimum atomic E-state index is -5.29. The molecule has 0 radical (unpaired) electrons. The molecular formula is C22H24F3N2O5P. The predicted molar refractivity (Wildman–Crippen MR) is 117 cm³/mol. The molecule has 0 aliphatic rings. The van der Waals surface area contributed by atoms with Gasteiger partial charge in [0.25, 0.3) is 5.28 Å². The molecule has 1 atom stereocenters. The van der Waals surface area contributed by atoms with Crippen molar-refractivity contribution < 1.29 is 36.3 Å². The number of carbonyl (C=O) groups is 1. The van der Waals surface area contributed by atoms with Gasteiger partial charge < -0.3 is 18.8 Å². The Morgan fingerprint density at radius 3 is 2.21 bits per heavy atom. The SMILES string of the molecule is CCOP(=O)(OCC)[C@](NC(=O)OCc1ccccc1)(c1c[nH]c2ccccc12)C(F)(F)F. The number of carbonyl (C=O) groups excluding carboxylic acids is 1. The Morgan fingerprint density at radius 2 is 1.61 bits per heavy atom. The molecule has 3 rings (SSSR count). The van der Waals surface area contributed by atoms with Gasteiger partial charge in [0.1, 0.15) is 6.61 Å². The third-order valence-corrected chi connectivity index (χ3v) is 7.52. The van der Waals surface area contributed by atoms with E-state index in [1.165, 1.54) is 26.0 Å². The number of hydrogen-bond acceptors (Lipinski definition) is 5. The van der Waals surface area contributed by atoms with Crippen LogP contribution in [0.3, 0.4) is 0 Å². The van der Waals surface area contributed by atoms with Crippen molar-refractivity contribution in [3.05, 3.63) is 71.9 Å². The lowest BCUT2D eigenvalue weighted by Gasteiger charge is -2.40. The van der Waals surface area contributed by atoms with E-state index in [0.29, 0.717) is 11.1 Å². The smallest absolute Gasteiger partial charge is 0.427 e. The molecule has 0 aliphatic carbocycles. The summed E-state index contributed by atoms with van der Waals surface area (Å²) >= 11 is 0. The number of hydrogen-bond donors (Lipinski definition) is 2. The van der Waals surface area contributed by atoms with E-state index < -0.39 is 30.7 Å². The summed E-state index contributed by atoms with van der Waals surface area (Å²) in [5.74, 6) is 0. The fraction of sp³-hybridized carbons (Fsp3) is 0.318. The summed E-state index contributed by atoms with van der Waals surface area (Å²) < 4.78 is 73.8. The maximum atomic E-state index is 14.9. The number of aromatic nitrogens is 1. The molecule has 7 nitrogen and oxygen atoms in total. The van der Waals surface area contributed by atoms with Crippen LogP contribution in [0.5, 0.6) is 0 Å². The first-order valence-electron chi connectivity index (χ1n) is 10.2. The maximum absolute atomic E-state index is 14.9. The summed E-state index contributed by atoms with van der Waals surface area (Å²) in [5, 5.41) is -1.61. The van der Waals surface area contributed by atoms with Crippen LogP contribution in [0.1, 0.15) is 25.0 Å². The molecule has 1 aromatic heterocycles. The predicted octanol–water partition coefficient (Wildman–Crippen LogP) is 6.08. The first-order chi connectivity index (χ1) is 15.7. The van der Waals surface area contributed by atoms with Crippen molar-refractivity contribution in [3.63, 3.8) is 0 Å². The largest absolute Gasteiger partial charge is 0.445 e. The van der Waals surface area contributed by atoms with Gasteiger partial charge in [-0.1, -0.05) is 48.5 Å². The van der Waals surface area contributed by atoms with Crippen molar-refractivity contribution in [1.82, 2.24) is 10.3 Å². The summed E-state index contributed by atoms with van der Waals surface area (Å²) in [6, 6.07) is 14.6. The molecule has 33 heavy (non-hydrogen) atoms. The highest BCUT2D eigenvalue weighted by Gasteiger charge is 2.71. The van der Waals surface area contributed by atoms with Crippen molar-refractivity contribution in [2.75, 3.05) is 13.2 Å². The summed E-state index contributed by atoms with van der Waals surface area (Å²) in [5.41, 5.74) is 0.405. The number of nitrogens with one attached hydrogen (secondary N) is 2. The standard InChI is InChI=1S/C22H24F3N2O5P/c1-3-31-33(29,32-4-2)21(22(23,24)25,18-14-26-19-13-9-8-12-17(18)19)27-20(28)30-15-16-10-6-5-7-11-16/h5-14,26H,3-4,15H2,1-2H3,(H,27,28)/t21-/m1/s1. The molecule has 0 saturated heterocycles. The van der Waals surface area contributed by atoms with Crippen molar-refractivity contribution in [1.29, 1.82) is 0 Å². The molecule has 178 valence electrons. The molecule has 0 unspecified atom stereocenters. The normalized spacial score (nSPS) is 14.1. The second-order valence-corrected chi connectivity index (χ2v) is 9.16. The average Bonchev–Trinajstić information content (AvgIpc) is 3.20. The number of benzene rings is 2. The third-order valence-electron chi connectivity index (χ3n) is 4.89. The van der Waals surface area contributed by atoms with Crippen molar-refractivity contribution in [2.45, 2.75) is 31.9 Å². The Bertz CT molecular complexity index is 1130. The van der Waals surface area contributed by atoms with Crippen LogP contribution in [0.15, 0.2) is 60.8 Å². The molecule has 1 heterocycles. The van der Waals surface area contributed by atoms with E-state index in [1.54, 1.807) is 42.5 Å². The van der Waals surface area contributed by atoms with Crippen LogP contribution in [0, 0.1) is 0 Å². The molecule has 0 spiro atoms. The monoisotopic (exact) mass is 484 g/mol. The van der Waals surface area contributed by atoms with Crippen molar-refractivity contribution >= 4 is 24.6 Å². The van der Waals surface area contributed by atoms with Crippen LogP contribution in [0.2, 0.25) is 0 Å². The lowest BCUT2D eigenvalue weighted by atomic mass is 10.0. The van der Waals surface area contributed by atoms with Crippen molar-refractivity contribution in [2.24, 2.45) is 0 Å². The summed E-state index contributed by atoms with van der Waals surface area (Å²) in [4.78, 5) is 15.4. The number of alkyl carbamates (subject to hydrolysis) is 1. The van der Waals surface area contributed by atoms with Gasteiger partial charge >= 0.3 is 19.9 Å². The molecule has 2 aromatic carbocycles. The molecule has 2 N–H and O–H groups in total. The zero-order valence-corrected chi connectivity index (χ0v) is 18.9. The van der Waals surface area contributed by atoms with E-state index >= 15 is 0 Å². The molecular weight excluding hydrogens is 460 g/mol. The highest BCUT2D eigenvalue weighted by Crippen LogP contribution is 2.69. The number of alkyl halides is 3. The van der Waals surface area contributed by atoms with Gasteiger partial charge in [-0.05, 0) is 25.5 Å². The molecule has 3 aromatic rings. The Morgan fingerprint density at radius 1 is 1.00 bits per heavy atom. The van der Waals surface area contributed by atoms with E-state index in [-0.39, 0.29) is 25.2 Å². The molecule has 0 bridgehead atoms. The van der Waals surface area contributed by atoms with E-state index in [9.17, 15) is 22.5 Å². The quantitative estimate of drug-likeness (QED) is 0.360. The number of aromatic amines is 1. The number of fused-ring (bicyclic) bond motifs is 1. The Balaban J connectivity index is 2.15. The first kappa shape index (κ1) is 24.8. The van der Waals surface area contributed by atoms with Crippen LogP contribution in [-0.2, 0) is 30.2 Å². The van der Waals surface area contributed by atoms with Gasteiger partial charge in [0.2, 0.25) is 0 Å². The highest BCUT2D eigenvalue weighted by atomic mass is 31.2. The van der Waals surface area contributed by atoms with Gasteiger partial charge in [-0.25, -0.2) is 4.79 Å². The van der Waals surface area contributed by atoms with Crippen LogP contribution in [0.25, 0.3) is 10.9 Å². The second-order valence-electron chi connectivity index (χ2n) is 6.98. The fourth-order valence-electron chi connectivity index (χ4n) is 3.51. The van der Waals surface area contributed by atoms with Crippen molar-refractivity contribution in [3.8, 4) is 0 Å². The number of amides is 1. The summed E-state index contributed by atoms with van der Waals surface area (Å²) in [6.07, 6.45) is -5.68. The molecule has 0 aliphatic heterocycles. The average molecular weight is 484 g/mol. The zero-order chi connectivity index (χ0) is 24.1. The molecule has 1 amide bonds. The van der Waals surface area contributed by atoms with E-state index in [2.05, 4.69) is 4.98 Å². The van der Waals surface area contributed by atoms with Crippen LogP contribution in [0.4, 0.5) is 18.0 Å². The lowest BCUT2D eigenvalue weighted by molar-refractivity contribution is -0.177. The van der Waals surface area contributed by atoms with Gasteiger partial charge in [-0.3, -0.25) is 9.88 Å². The lowest BCUT2D eigenvalue weighted by Crippen LogP contribution is -2.56. The number of para-hydroxylation sites is 1. The van der Waals surface area contributed by atoms with Gasteiger partial charge in [0.15, 0.2) is 0 Å². The minimum Gasteiger partial charge on any atom is -0.445 e. The second kappa shape index (κ2) is 9.99. The van der Waals surface area contributed by atoms with E-state index in [4.69, 9.17) is 13.8 Å². The Hall–Kier alpha value is -2.81. The van der Waals surface area contributed by atoms with Gasteiger partial charge in [-0.2, -0.15) is 13.2 Å².